The summed E-state index contributed by atoms with van der Waals surface area (Å²) >= 11 is 5.78. The van der Waals surface area contributed by atoms with Crippen LogP contribution in [0.2, 0.25) is 5.28 Å². The molecule has 2 rings (SSSR count). The SMILES string of the molecule is COC(=O)C(C)(C)CN(c1nc(Cl)ncc1[N+](=O)[O-])C1CCC(F)(F)C1. The average molecular weight is 393 g/mol. The summed E-state index contributed by atoms with van der Waals surface area (Å²) in [5.41, 5.74) is -1.58. The number of nitro groups is 1. The van der Waals surface area contributed by atoms with Gasteiger partial charge < -0.3 is 9.64 Å². The Balaban J connectivity index is 2.50. The second-order valence-corrected chi connectivity index (χ2v) is 7.20. The number of carbonyl (C=O) groups is 1. The van der Waals surface area contributed by atoms with Gasteiger partial charge in [0.15, 0.2) is 0 Å². The molecule has 0 saturated heterocycles. The van der Waals surface area contributed by atoms with Gasteiger partial charge in [-0.15, -0.1) is 0 Å². The van der Waals surface area contributed by atoms with E-state index in [4.69, 9.17) is 16.3 Å². The Kier molecular flexibility index (Phi) is 5.64. The van der Waals surface area contributed by atoms with Crippen LogP contribution in [0, 0.1) is 15.5 Å². The molecule has 11 heteroatoms. The van der Waals surface area contributed by atoms with E-state index in [1.165, 1.54) is 12.0 Å². The molecule has 0 amide bonds. The van der Waals surface area contributed by atoms with E-state index in [1.807, 2.05) is 0 Å². The lowest BCUT2D eigenvalue weighted by molar-refractivity contribution is -0.384. The molecule has 144 valence electrons. The van der Waals surface area contributed by atoms with Crippen molar-refractivity contribution in [3.63, 3.8) is 0 Å². The van der Waals surface area contributed by atoms with E-state index in [-0.39, 0.29) is 30.5 Å². The second kappa shape index (κ2) is 7.26. The molecule has 1 aliphatic rings. The molecular weight excluding hydrogens is 374 g/mol. The van der Waals surface area contributed by atoms with E-state index in [0.29, 0.717) is 0 Å². The van der Waals surface area contributed by atoms with Gasteiger partial charge in [0.05, 0.1) is 17.4 Å². The van der Waals surface area contributed by atoms with Gasteiger partial charge in [-0.1, -0.05) is 0 Å². The molecule has 1 unspecified atom stereocenters. The quantitative estimate of drug-likeness (QED) is 0.317. The molecule has 0 radical (unpaired) electrons. The number of hydrogen-bond donors (Lipinski definition) is 0. The largest absolute Gasteiger partial charge is 0.469 e. The van der Waals surface area contributed by atoms with Crippen molar-refractivity contribution in [3.8, 4) is 0 Å². The van der Waals surface area contributed by atoms with Crippen LogP contribution in [0.3, 0.4) is 0 Å². The Morgan fingerprint density at radius 1 is 1.58 bits per heavy atom. The van der Waals surface area contributed by atoms with Crippen LogP contribution in [0.5, 0.6) is 0 Å². The molecule has 1 aliphatic carbocycles. The number of aromatic nitrogens is 2. The van der Waals surface area contributed by atoms with E-state index in [2.05, 4.69) is 9.97 Å². The first-order valence-electron chi connectivity index (χ1n) is 7.87. The zero-order valence-electron chi connectivity index (χ0n) is 14.5. The lowest BCUT2D eigenvalue weighted by Crippen LogP contribution is -2.45. The predicted octanol–water partition coefficient (Wildman–Crippen LogP) is 3.23. The lowest BCUT2D eigenvalue weighted by atomic mass is 9.92. The molecular formula is C15H19ClF2N4O4. The molecule has 0 aromatic carbocycles. The van der Waals surface area contributed by atoms with Gasteiger partial charge in [-0.2, -0.15) is 4.98 Å². The maximum absolute atomic E-state index is 13.8. The van der Waals surface area contributed by atoms with Gasteiger partial charge in [-0.05, 0) is 31.9 Å². The summed E-state index contributed by atoms with van der Waals surface area (Å²) in [4.78, 5) is 31.5. The Hall–Kier alpha value is -2.10. The number of esters is 1. The van der Waals surface area contributed by atoms with Gasteiger partial charge in [0.25, 0.3) is 0 Å². The highest BCUT2D eigenvalue weighted by Gasteiger charge is 2.45. The van der Waals surface area contributed by atoms with Crippen molar-refractivity contribution >= 4 is 29.1 Å². The van der Waals surface area contributed by atoms with Crippen molar-refractivity contribution in [1.82, 2.24) is 9.97 Å². The molecule has 1 atom stereocenters. The number of ether oxygens (including phenoxy) is 1. The molecule has 1 fully saturated rings. The van der Waals surface area contributed by atoms with E-state index in [0.717, 1.165) is 6.20 Å². The Labute approximate surface area is 153 Å². The maximum atomic E-state index is 13.8. The number of methoxy groups -OCH3 is 1. The van der Waals surface area contributed by atoms with Crippen molar-refractivity contribution in [2.75, 3.05) is 18.6 Å². The molecule has 1 aromatic heterocycles. The minimum atomic E-state index is -2.88. The molecule has 0 N–H and O–H groups in total. The summed E-state index contributed by atoms with van der Waals surface area (Å²) in [5, 5.41) is 11.1. The fourth-order valence-electron chi connectivity index (χ4n) is 3.02. The van der Waals surface area contributed by atoms with Crippen LogP contribution in [-0.2, 0) is 9.53 Å². The third-order valence-corrected chi connectivity index (χ3v) is 4.49. The number of alkyl halides is 2. The van der Waals surface area contributed by atoms with Crippen LogP contribution >= 0.6 is 11.6 Å². The molecule has 0 bridgehead atoms. The van der Waals surface area contributed by atoms with Gasteiger partial charge in [0, 0.05) is 25.4 Å². The van der Waals surface area contributed by atoms with E-state index in [9.17, 15) is 23.7 Å². The second-order valence-electron chi connectivity index (χ2n) is 6.86. The minimum absolute atomic E-state index is 0.100. The zero-order valence-corrected chi connectivity index (χ0v) is 15.3. The highest BCUT2D eigenvalue weighted by atomic mass is 35.5. The van der Waals surface area contributed by atoms with Crippen LogP contribution in [0.1, 0.15) is 33.1 Å². The third-order valence-electron chi connectivity index (χ3n) is 4.31. The van der Waals surface area contributed by atoms with Crippen molar-refractivity contribution in [2.24, 2.45) is 5.41 Å². The number of carbonyl (C=O) groups excluding carboxylic acids is 1. The van der Waals surface area contributed by atoms with Crippen molar-refractivity contribution in [1.29, 1.82) is 0 Å². The Bertz CT molecular complexity index is 717. The maximum Gasteiger partial charge on any atom is 0.329 e. The number of anilines is 1. The number of halogens is 3. The van der Waals surface area contributed by atoms with Gasteiger partial charge in [0.2, 0.25) is 17.0 Å². The van der Waals surface area contributed by atoms with Crippen molar-refractivity contribution < 1.29 is 23.2 Å². The van der Waals surface area contributed by atoms with E-state index in [1.54, 1.807) is 13.8 Å². The normalized spacial score (nSPS) is 19.2. The highest BCUT2D eigenvalue weighted by Crippen LogP contribution is 2.41. The van der Waals surface area contributed by atoms with E-state index < -0.39 is 40.4 Å². The lowest BCUT2D eigenvalue weighted by Gasteiger charge is -2.35. The zero-order chi connectivity index (χ0) is 19.7. The van der Waals surface area contributed by atoms with Gasteiger partial charge in [-0.25, -0.2) is 13.8 Å². The van der Waals surface area contributed by atoms with Gasteiger partial charge >= 0.3 is 11.7 Å². The first kappa shape index (κ1) is 20.2. The fraction of sp³-hybridized carbons (Fsp3) is 0.667. The first-order valence-corrected chi connectivity index (χ1v) is 8.24. The summed E-state index contributed by atoms with van der Waals surface area (Å²) in [6.07, 6.45) is 0.182. The molecule has 8 nitrogen and oxygen atoms in total. The van der Waals surface area contributed by atoms with Crippen LogP contribution < -0.4 is 4.90 Å². The first-order chi connectivity index (χ1) is 12.0. The summed E-state index contributed by atoms with van der Waals surface area (Å²) in [6, 6.07) is -0.737. The topological polar surface area (TPSA) is 98.5 Å². The van der Waals surface area contributed by atoms with Crippen LogP contribution in [0.4, 0.5) is 20.3 Å². The standard InChI is InChI=1S/C15H19ClF2N4O4/c1-14(2,12(23)26-3)8-21(9-4-5-15(17,18)6-9)11-10(22(24)25)7-19-13(16)20-11/h7,9H,4-6,8H2,1-3H3. The third kappa shape index (κ3) is 4.35. The molecule has 26 heavy (non-hydrogen) atoms. The Morgan fingerprint density at radius 3 is 2.73 bits per heavy atom. The van der Waals surface area contributed by atoms with Crippen LogP contribution in [0.25, 0.3) is 0 Å². The minimum Gasteiger partial charge on any atom is -0.469 e. The predicted molar refractivity (Wildman–Crippen MR) is 89.4 cm³/mol. The highest BCUT2D eigenvalue weighted by molar-refractivity contribution is 6.28. The monoisotopic (exact) mass is 392 g/mol. The number of hydrogen-bond acceptors (Lipinski definition) is 7. The summed E-state index contributed by atoms with van der Waals surface area (Å²) in [7, 11) is 1.21. The van der Waals surface area contributed by atoms with Gasteiger partial charge in [-0.3, -0.25) is 14.9 Å². The molecule has 0 aliphatic heterocycles. The molecule has 1 saturated carbocycles. The van der Waals surface area contributed by atoms with Crippen LogP contribution in [-0.4, -0.2) is 46.5 Å². The molecule has 1 heterocycles. The number of rotatable bonds is 6. The Morgan fingerprint density at radius 2 is 2.23 bits per heavy atom. The van der Waals surface area contributed by atoms with Crippen molar-refractivity contribution in [2.45, 2.75) is 45.1 Å². The summed E-state index contributed by atoms with van der Waals surface area (Å²) in [6.45, 7) is 3.02. The smallest absolute Gasteiger partial charge is 0.329 e. The van der Waals surface area contributed by atoms with E-state index >= 15 is 0 Å². The molecule has 1 aromatic rings. The fourth-order valence-corrected chi connectivity index (χ4v) is 3.15. The van der Waals surface area contributed by atoms with Gasteiger partial charge in [0.1, 0.15) is 6.20 Å². The van der Waals surface area contributed by atoms with Crippen LogP contribution in [0.15, 0.2) is 6.20 Å². The summed E-state index contributed by atoms with van der Waals surface area (Å²) < 4.78 is 32.3. The average Bonchev–Trinajstić information content (AvgIpc) is 2.91. The molecule has 0 spiro atoms. The van der Waals surface area contributed by atoms with Crippen molar-refractivity contribution in [3.05, 3.63) is 21.6 Å². The summed E-state index contributed by atoms with van der Waals surface area (Å²) in [5.74, 6) is -3.64. The number of nitrogens with zero attached hydrogens (tertiary/aromatic N) is 4.